The Bertz CT molecular complexity index is 955. The molecule has 0 atom stereocenters. The van der Waals surface area contributed by atoms with E-state index >= 15 is 0 Å². The summed E-state index contributed by atoms with van der Waals surface area (Å²) in [6.07, 6.45) is 0.00910. The van der Waals surface area contributed by atoms with Gasteiger partial charge in [0.05, 0.1) is 22.3 Å². The quantitative estimate of drug-likeness (QED) is 0.651. The van der Waals surface area contributed by atoms with Gasteiger partial charge in [0.2, 0.25) is 0 Å². The standard InChI is InChI=1S/C21H19F2NO3S/c1-4-28-19-18(13-5-8-15(9-6-13)27-12(2)3)20(25)24(21(19)26)14-7-10-16(22)17(23)11-14/h5-12H,4H2,1-3H3. The van der Waals surface area contributed by atoms with Crippen molar-refractivity contribution in [2.45, 2.75) is 26.9 Å². The molecule has 2 aromatic carbocycles. The number of carbonyl (C=O) groups is 2. The van der Waals surface area contributed by atoms with Gasteiger partial charge in [-0.1, -0.05) is 19.1 Å². The minimum absolute atomic E-state index is 0.00198. The number of thioether (sulfide) groups is 1. The van der Waals surface area contributed by atoms with E-state index in [9.17, 15) is 18.4 Å². The van der Waals surface area contributed by atoms with Crippen LogP contribution < -0.4 is 9.64 Å². The summed E-state index contributed by atoms with van der Waals surface area (Å²) in [7, 11) is 0. The number of hydrogen-bond donors (Lipinski definition) is 0. The number of hydrogen-bond acceptors (Lipinski definition) is 4. The van der Waals surface area contributed by atoms with E-state index < -0.39 is 23.4 Å². The highest BCUT2D eigenvalue weighted by atomic mass is 32.2. The number of halogens is 2. The summed E-state index contributed by atoms with van der Waals surface area (Å²) >= 11 is 1.24. The number of ether oxygens (including phenoxy) is 1. The molecule has 2 aromatic rings. The second-order valence-corrected chi connectivity index (χ2v) is 7.65. The van der Waals surface area contributed by atoms with Crippen molar-refractivity contribution in [1.82, 2.24) is 0 Å². The van der Waals surface area contributed by atoms with Crippen LogP contribution in [0.25, 0.3) is 5.57 Å². The number of benzene rings is 2. The third kappa shape index (κ3) is 3.80. The van der Waals surface area contributed by atoms with Crippen molar-refractivity contribution >= 4 is 34.8 Å². The molecule has 1 aliphatic heterocycles. The lowest BCUT2D eigenvalue weighted by molar-refractivity contribution is -0.119. The average Bonchev–Trinajstić information content (AvgIpc) is 2.88. The molecule has 146 valence electrons. The van der Waals surface area contributed by atoms with E-state index in [0.717, 1.165) is 17.0 Å². The van der Waals surface area contributed by atoms with Crippen molar-refractivity contribution in [3.05, 3.63) is 64.6 Å². The van der Waals surface area contributed by atoms with Crippen LogP contribution >= 0.6 is 11.8 Å². The van der Waals surface area contributed by atoms with E-state index in [1.165, 1.54) is 17.8 Å². The maximum Gasteiger partial charge on any atom is 0.272 e. The van der Waals surface area contributed by atoms with Crippen molar-refractivity contribution < 1.29 is 23.1 Å². The van der Waals surface area contributed by atoms with Gasteiger partial charge in [-0.2, -0.15) is 0 Å². The summed E-state index contributed by atoms with van der Waals surface area (Å²) < 4.78 is 32.5. The largest absolute Gasteiger partial charge is 0.491 e. The zero-order chi connectivity index (χ0) is 20.4. The molecule has 0 N–H and O–H groups in total. The van der Waals surface area contributed by atoms with Crippen LogP contribution in [0.2, 0.25) is 0 Å². The van der Waals surface area contributed by atoms with E-state index in [4.69, 9.17) is 4.74 Å². The van der Waals surface area contributed by atoms with E-state index in [1.807, 2.05) is 20.8 Å². The Morgan fingerprint density at radius 1 is 1.00 bits per heavy atom. The van der Waals surface area contributed by atoms with E-state index in [0.29, 0.717) is 17.1 Å². The molecule has 2 amide bonds. The third-order valence-electron chi connectivity index (χ3n) is 4.01. The van der Waals surface area contributed by atoms with Crippen molar-refractivity contribution in [3.8, 4) is 5.75 Å². The molecule has 7 heteroatoms. The molecular weight excluding hydrogens is 384 g/mol. The number of carbonyl (C=O) groups excluding carboxylic acids is 2. The summed E-state index contributed by atoms with van der Waals surface area (Å²) in [4.78, 5) is 27.1. The fourth-order valence-electron chi connectivity index (χ4n) is 2.87. The molecule has 0 unspecified atom stereocenters. The average molecular weight is 403 g/mol. The van der Waals surface area contributed by atoms with Gasteiger partial charge < -0.3 is 4.74 Å². The van der Waals surface area contributed by atoms with Gasteiger partial charge >= 0.3 is 0 Å². The maximum atomic E-state index is 13.6. The van der Waals surface area contributed by atoms with E-state index in [-0.39, 0.29) is 22.3 Å². The van der Waals surface area contributed by atoms with Gasteiger partial charge in [0.1, 0.15) is 5.75 Å². The fourth-order valence-corrected chi connectivity index (χ4v) is 3.73. The summed E-state index contributed by atoms with van der Waals surface area (Å²) in [5.41, 5.74) is 0.811. The summed E-state index contributed by atoms with van der Waals surface area (Å²) in [6.45, 7) is 5.68. The Balaban J connectivity index is 2.01. The number of anilines is 1. The molecular formula is C21H19F2NO3S. The lowest BCUT2D eigenvalue weighted by atomic mass is 10.1. The first kappa shape index (κ1) is 20.1. The molecule has 0 spiro atoms. The Kier molecular flexibility index (Phi) is 5.84. The van der Waals surface area contributed by atoms with Crippen LogP contribution in [0, 0.1) is 11.6 Å². The first-order valence-electron chi connectivity index (χ1n) is 8.81. The predicted molar refractivity (Wildman–Crippen MR) is 106 cm³/mol. The van der Waals surface area contributed by atoms with Crippen LogP contribution in [0.4, 0.5) is 14.5 Å². The van der Waals surface area contributed by atoms with Crippen LogP contribution in [-0.4, -0.2) is 23.7 Å². The van der Waals surface area contributed by atoms with Gasteiger partial charge in [-0.25, -0.2) is 13.7 Å². The van der Waals surface area contributed by atoms with Gasteiger partial charge in [-0.3, -0.25) is 9.59 Å². The van der Waals surface area contributed by atoms with Crippen LogP contribution in [0.3, 0.4) is 0 Å². The molecule has 0 bridgehead atoms. The topological polar surface area (TPSA) is 46.6 Å². The van der Waals surface area contributed by atoms with Crippen LogP contribution in [-0.2, 0) is 9.59 Å². The van der Waals surface area contributed by atoms with Gasteiger partial charge in [0, 0.05) is 6.07 Å². The second kappa shape index (κ2) is 8.14. The molecule has 4 nitrogen and oxygen atoms in total. The highest BCUT2D eigenvalue weighted by Crippen LogP contribution is 2.39. The van der Waals surface area contributed by atoms with Crippen molar-refractivity contribution in [2.24, 2.45) is 0 Å². The molecule has 1 aliphatic rings. The van der Waals surface area contributed by atoms with Gasteiger partial charge in [-0.15, -0.1) is 11.8 Å². The number of imide groups is 1. The van der Waals surface area contributed by atoms with Crippen LogP contribution in [0.15, 0.2) is 47.4 Å². The zero-order valence-corrected chi connectivity index (χ0v) is 16.5. The lowest BCUT2D eigenvalue weighted by Crippen LogP contribution is -2.31. The lowest BCUT2D eigenvalue weighted by Gasteiger charge is -2.15. The summed E-state index contributed by atoms with van der Waals surface area (Å²) in [6, 6.07) is 9.84. The number of rotatable bonds is 6. The predicted octanol–water partition coefficient (Wildman–Crippen LogP) is 4.79. The van der Waals surface area contributed by atoms with Gasteiger partial charge in [0.15, 0.2) is 11.6 Å². The SMILES string of the molecule is CCSC1=C(c2ccc(OC(C)C)cc2)C(=O)N(c2ccc(F)c(F)c2)C1=O. The van der Waals surface area contributed by atoms with Crippen molar-refractivity contribution in [2.75, 3.05) is 10.7 Å². The molecule has 0 aromatic heterocycles. The Labute approximate surface area is 166 Å². The fraction of sp³-hybridized carbons (Fsp3) is 0.238. The van der Waals surface area contributed by atoms with Crippen LogP contribution in [0.1, 0.15) is 26.3 Å². The first-order chi connectivity index (χ1) is 13.3. The van der Waals surface area contributed by atoms with Gasteiger partial charge in [0.25, 0.3) is 11.8 Å². The minimum atomic E-state index is -1.12. The summed E-state index contributed by atoms with van der Waals surface area (Å²) in [5, 5.41) is 0. The molecule has 3 rings (SSSR count). The number of amides is 2. The normalized spacial score (nSPS) is 14.4. The smallest absolute Gasteiger partial charge is 0.272 e. The molecule has 0 fully saturated rings. The van der Waals surface area contributed by atoms with Crippen molar-refractivity contribution in [3.63, 3.8) is 0 Å². The monoisotopic (exact) mass is 403 g/mol. The second-order valence-electron chi connectivity index (χ2n) is 6.37. The van der Waals surface area contributed by atoms with Crippen molar-refractivity contribution in [1.29, 1.82) is 0 Å². The highest BCUT2D eigenvalue weighted by Gasteiger charge is 2.40. The molecule has 28 heavy (non-hydrogen) atoms. The van der Waals surface area contributed by atoms with Crippen LogP contribution in [0.5, 0.6) is 5.75 Å². The van der Waals surface area contributed by atoms with Gasteiger partial charge in [-0.05, 0) is 49.4 Å². The zero-order valence-electron chi connectivity index (χ0n) is 15.7. The Hall–Kier alpha value is -2.67. The minimum Gasteiger partial charge on any atom is -0.491 e. The molecule has 0 aliphatic carbocycles. The maximum absolute atomic E-state index is 13.6. The molecule has 1 heterocycles. The summed E-state index contributed by atoms with van der Waals surface area (Å²) in [5.74, 6) is -2.03. The van der Waals surface area contributed by atoms with E-state index in [2.05, 4.69) is 0 Å². The molecule has 0 saturated heterocycles. The third-order valence-corrected chi connectivity index (χ3v) is 4.96. The Morgan fingerprint density at radius 3 is 2.25 bits per heavy atom. The Morgan fingerprint density at radius 2 is 1.68 bits per heavy atom. The molecule has 0 saturated carbocycles. The van der Waals surface area contributed by atoms with E-state index in [1.54, 1.807) is 24.3 Å². The molecule has 0 radical (unpaired) electrons. The number of nitrogens with zero attached hydrogens (tertiary/aromatic N) is 1. The highest BCUT2D eigenvalue weighted by molar-refractivity contribution is 8.04. The first-order valence-corrected chi connectivity index (χ1v) is 9.80.